The van der Waals surface area contributed by atoms with Crippen molar-refractivity contribution in [3.8, 4) is 0 Å². The van der Waals surface area contributed by atoms with Crippen molar-refractivity contribution in [2.45, 2.75) is 23.4 Å². The molecule has 1 amide bonds. The molecular formula is C18H16F2N4OS2. The van der Waals surface area contributed by atoms with Crippen LogP contribution in [0.1, 0.15) is 12.5 Å². The Labute approximate surface area is 163 Å². The molecule has 0 fully saturated rings. The molecule has 1 aromatic heterocycles. The first-order valence-electron chi connectivity index (χ1n) is 8.00. The second-order valence-electron chi connectivity index (χ2n) is 5.72. The number of aromatic nitrogens is 2. The van der Waals surface area contributed by atoms with Gasteiger partial charge in [0.05, 0.1) is 5.25 Å². The summed E-state index contributed by atoms with van der Waals surface area (Å²) < 4.78 is 27.4. The Morgan fingerprint density at radius 3 is 2.70 bits per heavy atom. The minimum atomic E-state index is -0.454. The molecule has 0 bridgehead atoms. The molecule has 0 aliphatic carbocycles. The zero-order valence-corrected chi connectivity index (χ0v) is 16.1. The van der Waals surface area contributed by atoms with E-state index in [1.54, 1.807) is 38.1 Å². The minimum absolute atomic E-state index is 0.266. The van der Waals surface area contributed by atoms with Gasteiger partial charge in [0, 0.05) is 11.4 Å². The Morgan fingerprint density at radius 1 is 1.15 bits per heavy atom. The van der Waals surface area contributed by atoms with Crippen molar-refractivity contribution in [2.24, 2.45) is 0 Å². The van der Waals surface area contributed by atoms with E-state index in [4.69, 9.17) is 0 Å². The molecule has 0 radical (unpaired) electrons. The lowest BCUT2D eigenvalue weighted by atomic mass is 10.2. The number of hydrogen-bond donors (Lipinski definition) is 2. The largest absolute Gasteiger partial charge is 0.330 e. The standard InChI is InChI=1S/C18H16F2N4OS2/c1-10-6-7-14(9-15(10)20)21-16(25)11(2)26-18-24-23-17(27-18)22-13-5-3-4-12(19)8-13/h3-9,11H,1-2H3,(H,21,25)(H,22,23)/t11-/m1/s1. The number of carbonyl (C=O) groups excluding carboxylic acids is 1. The van der Waals surface area contributed by atoms with Crippen molar-refractivity contribution in [2.75, 3.05) is 10.6 Å². The van der Waals surface area contributed by atoms with Crippen LogP contribution >= 0.6 is 23.1 Å². The van der Waals surface area contributed by atoms with E-state index in [-0.39, 0.29) is 17.5 Å². The molecule has 0 aliphatic rings. The molecule has 0 saturated heterocycles. The molecule has 5 nitrogen and oxygen atoms in total. The van der Waals surface area contributed by atoms with Gasteiger partial charge < -0.3 is 10.6 Å². The summed E-state index contributed by atoms with van der Waals surface area (Å²) in [5, 5.41) is 13.7. The van der Waals surface area contributed by atoms with Gasteiger partial charge in [0.25, 0.3) is 0 Å². The summed E-state index contributed by atoms with van der Waals surface area (Å²) in [5.41, 5.74) is 1.48. The number of nitrogens with one attached hydrogen (secondary N) is 2. The highest BCUT2D eigenvalue weighted by atomic mass is 32.2. The van der Waals surface area contributed by atoms with Crippen molar-refractivity contribution < 1.29 is 13.6 Å². The van der Waals surface area contributed by atoms with Crippen molar-refractivity contribution in [3.63, 3.8) is 0 Å². The van der Waals surface area contributed by atoms with Crippen LogP contribution in [0.5, 0.6) is 0 Å². The van der Waals surface area contributed by atoms with E-state index in [1.807, 2.05) is 0 Å². The van der Waals surface area contributed by atoms with Crippen LogP contribution < -0.4 is 10.6 Å². The molecule has 0 unspecified atom stereocenters. The monoisotopic (exact) mass is 406 g/mol. The molecule has 1 heterocycles. The highest BCUT2D eigenvalue weighted by Crippen LogP contribution is 2.31. The molecule has 3 rings (SSSR count). The topological polar surface area (TPSA) is 66.9 Å². The van der Waals surface area contributed by atoms with Crippen LogP contribution in [0.3, 0.4) is 0 Å². The average molecular weight is 406 g/mol. The Kier molecular flexibility index (Phi) is 6.02. The van der Waals surface area contributed by atoms with Crippen molar-refractivity contribution in [1.82, 2.24) is 10.2 Å². The number of rotatable bonds is 6. The maximum absolute atomic E-state index is 13.6. The van der Waals surface area contributed by atoms with Crippen LogP contribution in [-0.4, -0.2) is 21.4 Å². The van der Waals surface area contributed by atoms with Gasteiger partial charge >= 0.3 is 0 Å². The van der Waals surface area contributed by atoms with Crippen LogP contribution in [0.25, 0.3) is 0 Å². The molecule has 9 heteroatoms. The van der Waals surface area contributed by atoms with Gasteiger partial charge in [-0.2, -0.15) is 0 Å². The number of anilines is 3. The molecule has 0 saturated carbocycles. The number of halogens is 2. The molecule has 0 spiro atoms. The molecule has 0 aliphatic heterocycles. The van der Waals surface area contributed by atoms with Crippen LogP contribution in [0.4, 0.5) is 25.3 Å². The maximum atomic E-state index is 13.6. The molecule has 1 atom stereocenters. The Bertz CT molecular complexity index is 964. The van der Waals surface area contributed by atoms with Crippen LogP contribution in [0, 0.1) is 18.6 Å². The smallest absolute Gasteiger partial charge is 0.237 e. The second-order valence-corrected chi connectivity index (χ2v) is 8.29. The maximum Gasteiger partial charge on any atom is 0.237 e. The van der Waals surface area contributed by atoms with Crippen LogP contribution in [-0.2, 0) is 4.79 Å². The summed E-state index contributed by atoms with van der Waals surface area (Å²) in [5.74, 6) is -0.986. The summed E-state index contributed by atoms with van der Waals surface area (Å²) in [6.45, 7) is 3.38. The number of hydrogen-bond acceptors (Lipinski definition) is 6. The van der Waals surface area contributed by atoms with Gasteiger partial charge in [-0.05, 0) is 49.7 Å². The van der Waals surface area contributed by atoms with Gasteiger partial charge in [-0.15, -0.1) is 10.2 Å². The predicted molar refractivity (Wildman–Crippen MR) is 105 cm³/mol. The van der Waals surface area contributed by atoms with Gasteiger partial charge in [0.15, 0.2) is 4.34 Å². The van der Waals surface area contributed by atoms with Gasteiger partial charge in [-0.1, -0.05) is 35.2 Å². The summed E-state index contributed by atoms with van der Waals surface area (Å²) in [6.07, 6.45) is 0. The number of carbonyl (C=O) groups is 1. The van der Waals surface area contributed by atoms with Gasteiger partial charge in [0.2, 0.25) is 11.0 Å². The third-order valence-electron chi connectivity index (χ3n) is 3.57. The van der Waals surface area contributed by atoms with E-state index in [2.05, 4.69) is 20.8 Å². The number of amides is 1. The quantitative estimate of drug-likeness (QED) is 0.565. The fourth-order valence-electron chi connectivity index (χ4n) is 2.12. The average Bonchev–Trinajstić information content (AvgIpc) is 3.05. The van der Waals surface area contributed by atoms with Gasteiger partial charge in [0.1, 0.15) is 11.6 Å². The van der Waals surface area contributed by atoms with Crippen molar-refractivity contribution in [1.29, 1.82) is 0 Å². The number of benzene rings is 2. The Hall–Kier alpha value is -2.52. The lowest BCUT2D eigenvalue weighted by Crippen LogP contribution is -2.22. The molecule has 2 N–H and O–H groups in total. The summed E-state index contributed by atoms with van der Waals surface area (Å²) in [7, 11) is 0. The van der Waals surface area contributed by atoms with Gasteiger partial charge in [-0.3, -0.25) is 4.79 Å². The molecule has 2 aromatic carbocycles. The summed E-state index contributed by atoms with van der Waals surface area (Å²) >= 11 is 2.50. The fraction of sp³-hybridized carbons (Fsp3) is 0.167. The molecule has 140 valence electrons. The summed E-state index contributed by atoms with van der Waals surface area (Å²) in [4.78, 5) is 12.3. The fourth-order valence-corrected chi connectivity index (χ4v) is 4.03. The van der Waals surface area contributed by atoms with Crippen LogP contribution in [0.2, 0.25) is 0 Å². The number of nitrogens with zero attached hydrogens (tertiary/aromatic N) is 2. The zero-order chi connectivity index (χ0) is 19.4. The van der Waals surface area contributed by atoms with E-state index < -0.39 is 5.25 Å². The first-order chi connectivity index (χ1) is 12.9. The van der Waals surface area contributed by atoms with E-state index in [9.17, 15) is 13.6 Å². The van der Waals surface area contributed by atoms with E-state index in [0.717, 1.165) is 0 Å². The van der Waals surface area contributed by atoms with Crippen molar-refractivity contribution in [3.05, 3.63) is 59.7 Å². The third-order valence-corrected chi connectivity index (χ3v) is 5.59. The SMILES string of the molecule is Cc1ccc(NC(=O)[C@@H](C)Sc2nnc(Nc3cccc(F)c3)s2)cc1F. The highest BCUT2D eigenvalue weighted by Gasteiger charge is 2.18. The van der Waals surface area contributed by atoms with Crippen molar-refractivity contribution >= 4 is 45.5 Å². The van der Waals surface area contributed by atoms with Gasteiger partial charge in [-0.25, -0.2) is 8.78 Å². The van der Waals surface area contributed by atoms with E-state index in [0.29, 0.717) is 26.4 Å². The third kappa shape index (κ3) is 5.24. The molecule has 3 aromatic rings. The number of thioether (sulfide) groups is 1. The zero-order valence-electron chi connectivity index (χ0n) is 14.5. The lowest BCUT2D eigenvalue weighted by molar-refractivity contribution is -0.115. The lowest BCUT2D eigenvalue weighted by Gasteiger charge is -2.10. The normalized spacial score (nSPS) is 11.9. The minimum Gasteiger partial charge on any atom is -0.330 e. The second kappa shape index (κ2) is 8.45. The van der Waals surface area contributed by atoms with E-state index >= 15 is 0 Å². The van der Waals surface area contributed by atoms with Crippen LogP contribution in [0.15, 0.2) is 46.8 Å². The first kappa shape index (κ1) is 19.2. The predicted octanol–water partition coefficient (Wildman–Crippen LogP) is 4.99. The Balaban J connectivity index is 1.58. The first-order valence-corrected chi connectivity index (χ1v) is 9.70. The molecular weight excluding hydrogens is 390 g/mol. The molecule has 27 heavy (non-hydrogen) atoms. The highest BCUT2D eigenvalue weighted by molar-refractivity contribution is 8.02. The Morgan fingerprint density at radius 2 is 1.96 bits per heavy atom. The van der Waals surface area contributed by atoms with E-state index in [1.165, 1.54) is 41.3 Å². The summed E-state index contributed by atoms with van der Waals surface area (Å²) in [6, 6.07) is 10.6. The number of aryl methyl sites for hydroxylation is 1.